The van der Waals surface area contributed by atoms with Crippen LogP contribution in [0.25, 0.3) is 0 Å². The summed E-state index contributed by atoms with van der Waals surface area (Å²) in [7, 11) is 0. The summed E-state index contributed by atoms with van der Waals surface area (Å²) >= 11 is 1.32. The number of hydrogen-bond acceptors (Lipinski definition) is 5. The van der Waals surface area contributed by atoms with Gasteiger partial charge in [-0.3, -0.25) is 13.9 Å². The van der Waals surface area contributed by atoms with Gasteiger partial charge in [0.25, 0.3) is 5.56 Å². The van der Waals surface area contributed by atoms with Crippen molar-refractivity contribution in [3.63, 3.8) is 0 Å². The maximum atomic E-state index is 12.7. The monoisotopic (exact) mass is 374 g/mol. The first-order valence-electron chi connectivity index (χ1n) is 8.09. The normalized spacial score (nSPS) is 13.2. The van der Waals surface area contributed by atoms with Crippen molar-refractivity contribution in [2.24, 2.45) is 0 Å². The highest BCUT2D eigenvalue weighted by atomic mass is 32.2. The first-order chi connectivity index (χ1) is 12.4. The Morgan fingerprint density at radius 1 is 1.27 bits per heavy atom. The Morgan fingerprint density at radius 3 is 2.46 bits per heavy atom. The molecule has 7 heteroatoms. The van der Waals surface area contributed by atoms with Crippen molar-refractivity contribution in [1.29, 1.82) is 0 Å². The van der Waals surface area contributed by atoms with Gasteiger partial charge in [-0.2, -0.15) is 11.8 Å². The zero-order valence-electron chi connectivity index (χ0n) is 14.8. The number of rotatable bonds is 7. The molecule has 2 aromatic rings. The number of nitrogens with zero attached hydrogens (tertiary/aromatic N) is 2. The summed E-state index contributed by atoms with van der Waals surface area (Å²) < 4.78 is 2.45. The van der Waals surface area contributed by atoms with Gasteiger partial charge in [-0.15, -0.1) is 6.42 Å². The lowest BCUT2D eigenvalue weighted by Crippen LogP contribution is -2.43. The molecule has 0 aliphatic carbocycles. The van der Waals surface area contributed by atoms with E-state index in [1.807, 2.05) is 0 Å². The zero-order valence-corrected chi connectivity index (χ0v) is 15.6. The molecule has 0 spiro atoms. The number of thioether (sulfide) groups is 1. The van der Waals surface area contributed by atoms with E-state index in [2.05, 4.69) is 5.92 Å². The minimum Gasteiger partial charge on any atom is -0.395 e. The minimum absolute atomic E-state index is 0.00204. The van der Waals surface area contributed by atoms with E-state index >= 15 is 0 Å². The molecule has 0 fully saturated rings. The van der Waals surface area contributed by atoms with Gasteiger partial charge >= 0.3 is 5.69 Å². The predicted molar refractivity (Wildman–Crippen MR) is 104 cm³/mol. The molecule has 0 amide bonds. The Balaban J connectivity index is 2.37. The Bertz CT molecular complexity index is 905. The molecule has 0 bridgehead atoms. The zero-order chi connectivity index (χ0) is 19.3. The van der Waals surface area contributed by atoms with E-state index < -0.39 is 17.0 Å². The smallest absolute Gasteiger partial charge is 0.331 e. The summed E-state index contributed by atoms with van der Waals surface area (Å²) in [6.45, 7) is 1.55. The molecule has 0 radical (unpaired) electrons. The topological polar surface area (TPSA) is 84.5 Å². The van der Waals surface area contributed by atoms with Crippen LogP contribution < -0.4 is 11.2 Å². The molecule has 6 nitrogen and oxygen atoms in total. The van der Waals surface area contributed by atoms with E-state index in [1.165, 1.54) is 22.5 Å². The quantitative estimate of drug-likeness (QED) is 0.687. The van der Waals surface area contributed by atoms with Gasteiger partial charge in [0.05, 0.1) is 31.1 Å². The molecule has 2 rings (SSSR count). The summed E-state index contributed by atoms with van der Waals surface area (Å²) in [6.07, 6.45) is 7.64. The van der Waals surface area contributed by atoms with Crippen LogP contribution >= 0.6 is 11.8 Å². The van der Waals surface area contributed by atoms with Gasteiger partial charge in [-0.25, -0.2) is 4.79 Å². The van der Waals surface area contributed by atoms with Crippen LogP contribution in [0.4, 0.5) is 0 Å². The highest BCUT2D eigenvalue weighted by Crippen LogP contribution is 2.12. The van der Waals surface area contributed by atoms with Crippen LogP contribution in [0.15, 0.2) is 40.1 Å². The third-order valence-corrected chi connectivity index (χ3v) is 5.23. The third-order valence-electron chi connectivity index (χ3n) is 4.17. The number of aliphatic hydroxyl groups is 2. The molecule has 1 aromatic heterocycles. The summed E-state index contributed by atoms with van der Waals surface area (Å²) in [6, 6.07) is 7.06. The first kappa shape index (κ1) is 20.0. The summed E-state index contributed by atoms with van der Waals surface area (Å²) in [5, 5.41) is 19.1. The van der Waals surface area contributed by atoms with Crippen molar-refractivity contribution >= 4 is 11.8 Å². The van der Waals surface area contributed by atoms with Gasteiger partial charge < -0.3 is 10.2 Å². The van der Waals surface area contributed by atoms with Gasteiger partial charge in [-0.05, 0) is 30.9 Å². The lowest BCUT2D eigenvalue weighted by Gasteiger charge is -2.20. The van der Waals surface area contributed by atoms with Crippen molar-refractivity contribution in [2.45, 2.75) is 31.4 Å². The average Bonchev–Trinajstić information content (AvgIpc) is 2.64. The van der Waals surface area contributed by atoms with Gasteiger partial charge in [-0.1, -0.05) is 18.1 Å². The fourth-order valence-corrected chi connectivity index (χ4v) is 3.18. The maximum Gasteiger partial charge on any atom is 0.331 e. The van der Waals surface area contributed by atoms with Gasteiger partial charge in [0.15, 0.2) is 0 Å². The van der Waals surface area contributed by atoms with E-state index in [9.17, 15) is 19.8 Å². The Hall–Kier alpha value is -2.27. The van der Waals surface area contributed by atoms with Gasteiger partial charge in [0, 0.05) is 17.3 Å². The average molecular weight is 374 g/mol. The molecule has 138 valence electrons. The minimum atomic E-state index is -0.909. The number of aromatic nitrogens is 2. The maximum absolute atomic E-state index is 12.7. The molecule has 0 aliphatic heterocycles. The molecule has 0 saturated carbocycles. The van der Waals surface area contributed by atoms with Crippen molar-refractivity contribution in [1.82, 2.24) is 9.13 Å². The first-order valence-corrected chi connectivity index (χ1v) is 9.38. The SMILES string of the molecule is C#Cc1ccc(Cn2c(=O)c(C)cn(CC(O)C(CO)SC)c2=O)cc1. The number of benzene rings is 1. The fraction of sp³-hybridized carbons (Fsp3) is 0.368. The molecule has 2 atom stereocenters. The molecule has 2 N–H and O–H groups in total. The van der Waals surface area contributed by atoms with Crippen molar-refractivity contribution < 1.29 is 10.2 Å². The van der Waals surface area contributed by atoms with Crippen molar-refractivity contribution in [2.75, 3.05) is 12.9 Å². The van der Waals surface area contributed by atoms with Crippen molar-refractivity contribution in [3.8, 4) is 12.3 Å². The van der Waals surface area contributed by atoms with Crippen LogP contribution in [0.3, 0.4) is 0 Å². The second-order valence-electron chi connectivity index (χ2n) is 6.00. The van der Waals surface area contributed by atoms with E-state index in [4.69, 9.17) is 6.42 Å². The molecule has 1 aromatic carbocycles. The lowest BCUT2D eigenvalue weighted by atomic mass is 10.1. The fourth-order valence-electron chi connectivity index (χ4n) is 2.63. The molecule has 2 unspecified atom stereocenters. The van der Waals surface area contributed by atoms with Gasteiger partial charge in [0.2, 0.25) is 0 Å². The molecule has 26 heavy (non-hydrogen) atoms. The molecule has 0 saturated heterocycles. The Morgan fingerprint density at radius 2 is 1.92 bits per heavy atom. The Labute approximate surface area is 156 Å². The third kappa shape index (κ3) is 4.47. The largest absolute Gasteiger partial charge is 0.395 e. The molecular weight excluding hydrogens is 352 g/mol. The molecule has 1 heterocycles. The van der Waals surface area contributed by atoms with Gasteiger partial charge in [0.1, 0.15) is 0 Å². The van der Waals surface area contributed by atoms with Crippen LogP contribution in [0.2, 0.25) is 0 Å². The second kappa shape index (κ2) is 8.90. The number of aryl methyl sites for hydroxylation is 1. The summed E-state index contributed by atoms with van der Waals surface area (Å²) in [4.78, 5) is 25.1. The standard InChI is InChI=1S/C19H22N2O4S/c1-4-14-5-7-15(8-6-14)10-21-18(24)13(2)9-20(19(21)25)11-16(23)17(12-22)26-3/h1,5-9,16-17,22-23H,10-12H2,2-3H3. The molecular formula is C19H22N2O4S. The van der Waals surface area contributed by atoms with Crippen LogP contribution in [0, 0.1) is 19.3 Å². The van der Waals surface area contributed by atoms with Crippen LogP contribution in [-0.2, 0) is 13.1 Å². The van der Waals surface area contributed by atoms with Crippen molar-refractivity contribution in [3.05, 3.63) is 68.0 Å². The summed E-state index contributed by atoms with van der Waals surface area (Å²) in [5.74, 6) is 2.52. The molecule has 0 aliphatic rings. The lowest BCUT2D eigenvalue weighted by molar-refractivity contribution is 0.122. The van der Waals surface area contributed by atoms with Crippen LogP contribution in [0.5, 0.6) is 0 Å². The summed E-state index contributed by atoms with van der Waals surface area (Å²) in [5.41, 5.74) is 1.03. The Kier molecular flexibility index (Phi) is 6.86. The van der Waals surface area contributed by atoms with E-state index in [1.54, 1.807) is 37.4 Å². The second-order valence-corrected chi connectivity index (χ2v) is 7.08. The highest BCUT2D eigenvalue weighted by Gasteiger charge is 2.19. The number of hydrogen-bond donors (Lipinski definition) is 2. The van der Waals surface area contributed by atoms with Crippen LogP contribution in [0.1, 0.15) is 16.7 Å². The van der Waals surface area contributed by atoms with E-state index in [0.29, 0.717) is 5.56 Å². The van der Waals surface area contributed by atoms with E-state index in [0.717, 1.165) is 15.7 Å². The van der Waals surface area contributed by atoms with E-state index in [-0.39, 0.29) is 25.3 Å². The number of terminal acetylenes is 1. The number of aliphatic hydroxyl groups excluding tert-OH is 2. The van der Waals surface area contributed by atoms with Crippen LogP contribution in [-0.4, -0.2) is 43.6 Å². The predicted octanol–water partition coefficient (Wildman–Crippen LogP) is 0.433. The highest BCUT2D eigenvalue weighted by molar-refractivity contribution is 7.99.